The lowest BCUT2D eigenvalue weighted by Crippen LogP contribution is -2.02. The topological polar surface area (TPSA) is 52.4 Å². The Morgan fingerprint density at radius 1 is 1.15 bits per heavy atom. The van der Waals surface area contributed by atoms with Crippen LogP contribution in [0.2, 0.25) is 10.0 Å². The van der Waals surface area contributed by atoms with E-state index in [1.165, 1.54) is 24.3 Å². The van der Waals surface area contributed by atoms with Gasteiger partial charge in [-0.25, -0.2) is 0 Å². The van der Waals surface area contributed by atoms with Gasteiger partial charge in [0, 0.05) is 5.56 Å². The lowest BCUT2D eigenvalue weighted by atomic mass is 10.2. The summed E-state index contributed by atoms with van der Waals surface area (Å²) in [7, 11) is 0. The van der Waals surface area contributed by atoms with Crippen molar-refractivity contribution in [3.8, 4) is 5.75 Å². The number of nitrogens with zero attached hydrogens (tertiary/aromatic N) is 1. The van der Waals surface area contributed by atoms with E-state index in [0.717, 1.165) is 6.07 Å². The largest absolute Gasteiger partial charge is 0.456 e. The minimum absolute atomic E-state index is 0.00600. The van der Waals surface area contributed by atoms with E-state index < -0.39 is 11.3 Å². The monoisotopic (exact) mass is 315 g/mol. The number of rotatable bonds is 4. The van der Waals surface area contributed by atoms with Gasteiger partial charge in [-0.15, -0.1) is 0 Å². The highest BCUT2D eigenvalue weighted by Crippen LogP contribution is 2.33. The normalized spacial score (nSPS) is 11.9. The maximum Gasteiger partial charge on any atom is 0.291 e. The zero-order chi connectivity index (χ0) is 14.7. The molecule has 0 saturated carbocycles. The fourth-order valence-electron chi connectivity index (χ4n) is 1.55. The van der Waals surface area contributed by atoms with Crippen LogP contribution in [0.25, 0.3) is 0 Å². The molecule has 104 valence electrons. The molecule has 1 unspecified atom stereocenters. The maximum absolute atomic E-state index is 14.0. The first-order valence-corrected chi connectivity index (χ1v) is 6.23. The molecule has 0 amide bonds. The predicted octanol–water partition coefficient (Wildman–Crippen LogP) is 4.95. The van der Waals surface area contributed by atoms with E-state index in [0.29, 0.717) is 0 Å². The second kappa shape index (κ2) is 6.07. The Kier molecular flexibility index (Phi) is 4.42. The maximum atomic E-state index is 14.0. The number of ether oxygens (including phenoxy) is 1. The van der Waals surface area contributed by atoms with E-state index >= 15 is 0 Å². The second-order valence-corrected chi connectivity index (χ2v) is 4.64. The fourth-order valence-corrected chi connectivity index (χ4v) is 1.96. The Bertz CT molecular complexity index is 651. The number of halogens is 3. The van der Waals surface area contributed by atoms with Crippen molar-refractivity contribution in [3.63, 3.8) is 0 Å². The molecule has 0 fully saturated rings. The molecule has 0 N–H and O–H groups in total. The van der Waals surface area contributed by atoms with Gasteiger partial charge in [-0.1, -0.05) is 41.4 Å². The molecule has 1 atom stereocenters. The third kappa shape index (κ3) is 3.18. The lowest BCUT2D eigenvalue weighted by molar-refractivity contribution is -0.384. The average Bonchev–Trinajstić information content (AvgIpc) is 2.41. The molecule has 0 aliphatic rings. The smallest absolute Gasteiger partial charge is 0.291 e. The molecule has 0 bridgehead atoms. The zero-order valence-electron chi connectivity index (χ0n) is 9.92. The molecule has 2 rings (SSSR count). The molecule has 0 heterocycles. The number of hydrogen-bond donors (Lipinski definition) is 0. The molecule has 0 radical (unpaired) electrons. The predicted molar refractivity (Wildman–Crippen MR) is 74.0 cm³/mol. The minimum atomic E-state index is -1.83. The van der Waals surface area contributed by atoms with Crippen molar-refractivity contribution in [2.45, 2.75) is 6.36 Å². The van der Waals surface area contributed by atoms with Crippen LogP contribution in [-0.2, 0) is 0 Å². The molecule has 0 spiro atoms. The highest BCUT2D eigenvalue weighted by molar-refractivity contribution is 6.32. The van der Waals surface area contributed by atoms with Crippen LogP contribution < -0.4 is 4.74 Å². The molecule has 2 aromatic carbocycles. The number of alkyl halides is 1. The first kappa shape index (κ1) is 14.6. The van der Waals surface area contributed by atoms with Crippen molar-refractivity contribution in [3.05, 3.63) is 68.2 Å². The van der Waals surface area contributed by atoms with Gasteiger partial charge in [0.15, 0.2) is 0 Å². The van der Waals surface area contributed by atoms with Gasteiger partial charge in [-0.05, 0) is 18.2 Å². The van der Waals surface area contributed by atoms with Crippen LogP contribution in [0.5, 0.6) is 5.75 Å². The van der Waals surface area contributed by atoms with Gasteiger partial charge in [-0.2, -0.15) is 4.39 Å². The van der Waals surface area contributed by atoms with Crippen LogP contribution in [0.3, 0.4) is 0 Å². The molecule has 2 aromatic rings. The van der Waals surface area contributed by atoms with E-state index in [9.17, 15) is 14.5 Å². The van der Waals surface area contributed by atoms with Gasteiger partial charge in [-0.3, -0.25) is 10.1 Å². The van der Waals surface area contributed by atoms with Crippen molar-refractivity contribution < 1.29 is 14.1 Å². The molecule has 0 saturated heterocycles. The Hall–Kier alpha value is -1.85. The lowest BCUT2D eigenvalue weighted by Gasteiger charge is -2.13. The van der Waals surface area contributed by atoms with Crippen molar-refractivity contribution >= 4 is 28.9 Å². The quantitative estimate of drug-likeness (QED) is 0.592. The summed E-state index contributed by atoms with van der Waals surface area (Å²) in [6.07, 6.45) is -1.83. The number of nitro groups is 1. The number of nitro benzene ring substituents is 1. The SMILES string of the molecule is O=[N+]([O-])c1cc(OC(F)c2ccccc2Cl)ccc1Cl. The van der Waals surface area contributed by atoms with Crippen molar-refractivity contribution in [1.29, 1.82) is 0 Å². The molecule has 0 aliphatic carbocycles. The van der Waals surface area contributed by atoms with Gasteiger partial charge in [0.25, 0.3) is 12.0 Å². The fraction of sp³-hybridized carbons (Fsp3) is 0.0769. The van der Waals surface area contributed by atoms with Crippen LogP contribution in [0.15, 0.2) is 42.5 Å². The third-order valence-electron chi connectivity index (χ3n) is 2.50. The Morgan fingerprint density at radius 2 is 1.85 bits per heavy atom. The molecule has 0 aromatic heterocycles. The highest BCUT2D eigenvalue weighted by Gasteiger charge is 2.18. The zero-order valence-corrected chi connectivity index (χ0v) is 11.4. The van der Waals surface area contributed by atoms with Crippen molar-refractivity contribution in [1.82, 2.24) is 0 Å². The van der Waals surface area contributed by atoms with Crippen molar-refractivity contribution in [2.75, 3.05) is 0 Å². The van der Waals surface area contributed by atoms with Crippen molar-refractivity contribution in [2.24, 2.45) is 0 Å². The molecular formula is C13H8Cl2FNO3. The summed E-state index contributed by atoms with van der Waals surface area (Å²) in [6, 6.07) is 9.94. The first-order valence-electron chi connectivity index (χ1n) is 5.48. The van der Waals surface area contributed by atoms with E-state index in [-0.39, 0.29) is 27.0 Å². The van der Waals surface area contributed by atoms with Gasteiger partial charge in [0.05, 0.1) is 16.0 Å². The van der Waals surface area contributed by atoms with Crippen LogP contribution in [0.1, 0.15) is 11.9 Å². The number of benzene rings is 2. The molecule has 7 heteroatoms. The Labute approximate surface area is 123 Å². The van der Waals surface area contributed by atoms with Crippen LogP contribution in [0, 0.1) is 10.1 Å². The van der Waals surface area contributed by atoms with Crippen LogP contribution in [0.4, 0.5) is 10.1 Å². The summed E-state index contributed by atoms with van der Waals surface area (Å²) in [5, 5.41) is 10.9. The van der Waals surface area contributed by atoms with Gasteiger partial charge < -0.3 is 4.74 Å². The Balaban J connectivity index is 2.24. The van der Waals surface area contributed by atoms with Gasteiger partial charge >= 0.3 is 0 Å². The first-order chi connectivity index (χ1) is 9.49. The van der Waals surface area contributed by atoms with Crippen LogP contribution in [-0.4, -0.2) is 4.92 Å². The van der Waals surface area contributed by atoms with E-state index in [1.807, 2.05) is 0 Å². The molecule has 4 nitrogen and oxygen atoms in total. The number of hydrogen-bond acceptors (Lipinski definition) is 3. The minimum Gasteiger partial charge on any atom is -0.456 e. The highest BCUT2D eigenvalue weighted by atomic mass is 35.5. The van der Waals surface area contributed by atoms with E-state index in [4.69, 9.17) is 27.9 Å². The van der Waals surface area contributed by atoms with Gasteiger partial charge in [0.2, 0.25) is 0 Å². The summed E-state index contributed by atoms with van der Waals surface area (Å²) >= 11 is 11.5. The summed E-state index contributed by atoms with van der Waals surface area (Å²) in [4.78, 5) is 10.1. The molecule has 0 aliphatic heterocycles. The third-order valence-corrected chi connectivity index (χ3v) is 3.17. The van der Waals surface area contributed by atoms with Crippen LogP contribution >= 0.6 is 23.2 Å². The van der Waals surface area contributed by atoms with E-state index in [2.05, 4.69) is 0 Å². The second-order valence-electron chi connectivity index (χ2n) is 3.83. The summed E-state index contributed by atoms with van der Waals surface area (Å²) in [5.74, 6) is -0.00600. The molecular weight excluding hydrogens is 308 g/mol. The van der Waals surface area contributed by atoms with E-state index in [1.54, 1.807) is 12.1 Å². The standard InChI is InChI=1S/C13H8Cl2FNO3/c14-10-4-2-1-3-9(10)13(16)20-8-5-6-11(15)12(7-8)17(18)19/h1-7,13H. The Morgan fingerprint density at radius 3 is 2.50 bits per heavy atom. The summed E-state index contributed by atoms with van der Waals surface area (Å²) in [5.41, 5.74) is -0.206. The van der Waals surface area contributed by atoms with Gasteiger partial charge in [0.1, 0.15) is 10.8 Å². The average molecular weight is 316 g/mol. The summed E-state index contributed by atoms with van der Waals surface area (Å²) < 4.78 is 19.0. The molecule has 20 heavy (non-hydrogen) atoms. The summed E-state index contributed by atoms with van der Waals surface area (Å²) in [6.45, 7) is 0.